The molecule has 0 bridgehead atoms. The summed E-state index contributed by atoms with van der Waals surface area (Å²) in [6.07, 6.45) is 2.79. The Hall–Kier alpha value is -2.25. The number of morpholine rings is 1. The van der Waals surface area contributed by atoms with Crippen molar-refractivity contribution in [2.75, 3.05) is 32.8 Å². The van der Waals surface area contributed by atoms with Crippen molar-refractivity contribution in [2.45, 2.75) is 13.0 Å². The largest absolute Gasteiger partial charge is 0.379 e. The van der Waals surface area contributed by atoms with Gasteiger partial charge in [0.2, 0.25) is 5.91 Å². The van der Waals surface area contributed by atoms with E-state index < -0.39 is 4.92 Å². The number of carbonyl (C=O) groups excluding carboxylic acids is 1. The molecule has 1 atom stereocenters. The number of rotatable bonds is 6. The van der Waals surface area contributed by atoms with Crippen molar-refractivity contribution < 1.29 is 14.5 Å². The molecule has 1 amide bonds. The summed E-state index contributed by atoms with van der Waals surface area (Å²) >= 11 is 0. The van der Waals surface area contributed by atoms with Crippen LogP contribution in [0.15, 0.2) is 30.3 Å². The molecule has 2 rings (SSSR count). The van der Waals surface area contributed by atoms with Crippen molar-refractivity contribution in [1.29, 1.82) is 0 Å². The van der Waals surface area contributed by atoms with Crippen LogP contribution >= 0.6 is 0 Å². The second kappa shape index (κ2) is 8.40. The number of amides is 1. The molecule has 1 N–H and O–H groups in total. The van der Waals surface area contributed by atoms with E-state index in [1.807, 2.05) is 0 Å². The van der Waals surface area contributed by atoms with Gasteiger partial charge in [0.1, 0.15) is 0 Å². The Morgan fingerprint density at radius 2 is 2.13 bits per heavy atom. The molecule has 1 heterocycles. The molecule has 23 heavy (non-hydrogen) atoms. The summed E-state index contributed by atoms with van der Waals surface area (Å²) in [5, 5.41) is 13.7. The summed E-state index contributed by atoms with van der Waals surface area (Å²) in [7, 11) is 0. The van der Waals surface area contributed by atoms with Gasteiger partial charge in [0.15, 0.2) is 0 Å². The van der Waals surface area contributed by atoms with Crippen molar-refractivity contribution in [2.24, 2.45) is 0 Å². The monoisotopic (exact) mass is 319 g/mol. The Bertz CT molecular complexity index is 582. The van der Waals surface area contributed by atoms with E-state index >= 15 is 0 Å². The second-order valence-electron chi connectivity index (χ2n) is 5.39. The van der Waals surface area contributed by atoms with Crippen LogP contribution in [0, 0.1) is 10.1 Å². The van der Waals surface area contributed by atoms with Gasteiger partial charge >= 0.3 is 0 Å². The first kappa shape index (κ1) is 17.1. The van der Waals surface area contributed by atoms with E-state index in [1.54, 1.807) is 18.2 Å². The Morgan fingerprint density at radius 1 is 1.43 bits per heavy atom. The molecule has 1 unspecified atom stereocenters. The molecule has 0 spiro atoms. The van der Waals surface area contributed by atoms with Crippen LogP contribution in [0.3, 0.4) is 0 Å². The number of carbonyl (C=O) groups is 1. The highest BCUT2D eigenvalue weighted by molar-refractivity contribution is 5.92. The summed E-state index contributed by atoms with van der Waals surface area (Å²) in [4.78, 5) is 24.6. The highest BCUT2D eigenvalue weighted by atomic mass is 16.6. The second-order valence-corrected chi connectivity index (χ2v) is 5.39. The van der Waals surface area contributed by atoms with Gasteiger partial charge in [0.25, 0.3) is 5.69 Å². The number of ether oxygens (including phenoxy) is 1. The van der Waals surface area contributed by atoms with Crippen molar-refractivity contribution in [3.63, 3.8) is 0 Å². The first-order valence-corrected chi connectivity index (χ1v) is 7.59. The lowest BCUT2D eigenvalue weighted by Gasteiger charge is -2.32. The molecule has 0 radical (unpaired) electrons. The molecular weight excluding hydrogens is 298 g/mol. The summed E-state index contributed by atoms with van der Waals surface area (Å²) in [5.74, 6) is -0.261. The molecule has 0 aromatic heterocycles. The van der Waals surface area contributed by atoms with Gasteiger partial charge in [-0.1, -0.05) is 12.1 Å². The average molecular weight is 319 g/mol. The highest BCUT2D eigenvalue weighted by Crippen LogP contribution is 2.18. The lowest BCUT2D eigenvalue weighted by atomic mass is 10.1. The molecule has 1 aliphatic heterocycles. The SMILES string of the molecule is CC(CNC(=O)/C=C/c1ccccc1[N+](=O)[O-])N1CCOCC1. The summed E-state index contributed by atoms with van der Waals surface area (Å²) < 4.78 is 5.30. The molecule has 7 heteroatoms. The van der Waals surface area contributed by atoms with Crippen LogP contribution in [-0.2, 0) is 9.53 Å². The number of hydrogen-bond donors (Lipinski definition) is 1. The number of nitrogens with zero attached hydrogens (tertiary/aromatic N) is 2. The van der Waals surface area contributed by atoms with Gasteiger partial charge < -0.3 is 10.1 Å². The van der Waals surface area contributed by atoms with Crippen molar-refractivity contribution in [3.8, 4) is 0 Å². The van der Waals surface area contributed by atoms with Crippen molar-refractivity contribution in [3.05, 3.63) is 46.0 Å². The Kier molecular flexibility index (Phi) is 6.25. The zero-order chi connectivity index (χ0) is 16.7. The third-order valence-corrected chi connectivity index (χ3v) is 3.79. The van der Waals surface area contributed by atoms with E-state index in [0.717, 1.165) is 26.3 Å². The molecule has 7 nitrogen and oxygen atoms in total. The average Bonchev–Trinajstić information content (AvgIpc) is 2.58. The number of nitrogens with one attached hydrogen (secondary N) is 1. The molecule has 0 saturated carbocycles. The normalized spacial score (nSPS) is 17.1. The molecule has 0 aliphatic carbocycles. The third-order valence-electron chi connectivity index (χ3n) is 3.79. The molecule has 1 aromatic carbocycles. The summed E-state index contributed by atoms with van der Waals surface area (Å²) in [6, 6.07) is 6.54. The van der Waals surface area contributed by atoms with Gasteiger partial charge in [0, 0.05) is 37.8 Å². The number of nitro groups is 1. The number of para-hydroxylation sites is 1. The van der Waals surface area contributed by atoms with Gasteiger partial charge in [0.05, 0.1) is 23.7 Å². The topological polar surface area (TPSA) is 84.7 Å². The van der Waals surface area contributed by atoms with Crippen LogP contribution in [0.1, 0.15) is 12.5 Å². The van der Waals surface area contributed by atoms with E-state index in [2.05, 4.69) is 17.1 Å². The van der Waals surface area contributed by atoms with E-state index in [0.29, 0.717) is 12.1 Å². The number of hydrogen-bond acceptors (Lipinski definition) is 5. The number of nitro benzene ring substituents is 1. The summed E-state index contributed by atoms with van der Waals surface area (Å²) in [6.45, 7) is 5.75. The van der Waals surface area contributed by atoms with Crippen LogP contribution in [0.25, 0.3) is 6.08 Å². The molecule has 1 saturated heterocycles. The highest BCUT2D eigenvalue weighted by Gasteiger charge is 2.17. The van der Waals surface area contributed by atoms with Gasteiger partial charge in [-0.3, -0.25) is 19.8 Å². The van der Waals surface area contributed by atoms with Gasteiger partial charge in [-0.2, -0.15) is 0 Å². The standard InChI is InChI=1S/C16H21N3O4/c1-13(18-8-10-23-11-9-18)12-17-16(20)7-6-14-4-2-3-5-15(14)19(21)22/h2-7,13H,8-12H2,1H3,(H,17,20)/b7-6+. The van der Waals surface area contributed by atoms with Crippen LogP contribution < -0.4 is 5.32 Å². The van der Waals surface area contributed by atoms with Crippen LogP contribution in [-0.4, -0.2) is 54.6 Å². The third kappa shape index (κ3) is 5.15. The Balaban J connectivity index is 1.86. The fourth-order valence-electron chi connectivity index (χ4n) is 2.41. The van der Waals surface area contributed by atoms with Gasteiger partial charge in [-0.15, -0.1) is 0 Å². The fraction of sp³-hybridized carbons (Fsp3) is 0.438. The minimum absolute atomic E-state index is 0.0155. The first-order valence-electron chi connectivity index (χ1n) is 7.59. The quantitative estimate of drug-likeness (QED) is 0.487. The Labute approximate surface area is 135 Å². The first-order chi connectivity index (χ1) is 11.1. The van der Waals surface area contributed by atoms with Gasteiger partial charge in [-0.05, 0) is 19.1 Å². The lowest BCUT2D eigenvalue weighted by Crippen LogP contribution is -2.47. The van der Waals surface area contributed by atoms with E-state index in [-0.39, 0.29) is 17.6 Å². The molecule has 124 valence electrons. The van der Waals surface area contributed by atoms with E-state index in [9.17, 15) is 14.9 Å². The lowest BCUT2D eigenvalue weighted by molar-refractivity contribution is -0.385. The molecule has 1 fully saturated rings. The van der Waals surface area contributed by atoms with Crippen LogP contribution in [0.4, 0.5) is 5.69 Å². The van der Waals surface area contributed by atoms with Crippen molar-refractivity contribution >= 4 is 17.7 Å². The smallest absolute Gasteiger partial charge is 0.276 e. The number of benzene rings is 1. The molecule has 1 aromatic rings. The fourth-order valence-corrected chi connectivity index (χ4v) is 2.41. The predicted molar refractivity (Wildman–Crippen MR) is 87.0 cm³/mol. The molecule has 1 aliphatic rings. The zero-order valence-electron chi connectivity index (χ0n) is 13.1. The summed E-state index contributed by atoms with van der Waals surface area (Å²) in [5.41, 5.74) is 0.395. The zero-order valence-corrected chi connectivity index (χ0v) is 13.1. The van der Waals surface area contributed by atoms with Crippen LogP contribution in [0.2, 0.25) is 0 Å². The maximum atomic E-state index is 11.9. The van der Waals surface area contributed by atoms with Crippen molar-refractivity contribution in [1.82, 2.24) is 10.2 Å². The minimum Gasteiger partial charge on any atom is -0.379 e. The molecular formula is C16H21N3O4. The van der Waals surface area contributed by atoms with E-state index in [1.165, 1.54) is 18.2 Å². The maximum Gasteiger partial charge on any atom is 0.276 e. The minimum atomic E-state index is -0.460. The maximum absolute atomic E-state index is 11.9. The Morgan fingerprint density at radius 3 is 2.83 bits per heavy atom. The van der Waals surface area contributed by atoms with Gasteiger partial charge in [-0.25, -0.2) is 0 Å². The van der Waals surface area contributed by atoms with Crippen LogP contribution in [0.5, 0.6) is 0 Å². The predicted octanol–water partition coefficient (Wildman–Crippen LogP) is 1.44. The van der Waals surface area contributed by atoms with E-state index in [4.69, 9.17) is 4.74 Å².